The second-order valence-electron chi connectivity index (χ2n) is 6.35. The lowest BCUT2D eigenvalue weighted by Crippen LogP contribution is -2.35. The number of rotatable bonds is 6. The minimum Gasteiger partial charge on any atom is -0.336 e. The van der Waals surface area contributed by atoms with Gasteiger partial charge >= 0.3 is 0 Å². The number of aryl methyl sites for hydroxylation is 1. The average Bonchev–Trinajstić information content (AvgIpc) is 3.00. The van der Waals surface area contributed by atoms with Gasteiger partial charge in [-0.2, -0.15) is 0 Å². The van der Waals surface area contributed by atoms with E-state index in [1.807, 2.05) is 31.2 Å². The summed E-state index contributed by atoms with van der Waals surface area (Å²) in [4.78, 5) is 25.6. The maximum absolute atomic E-state index is 12.1. The molecule has 4 heteroatoms. The van der Waals surface area contributed by atoms with Crippen LogP contribution in [0.3, 0.4) is 0 Å². The first kappa shape index (κ1) is 16.5. The van der Waals surface area contributed by atoms with Crippen LogP contribution in [0.15, 0.2) is 24.3 Å². The van der Waals surface area contributed by atoms with Crippen molar-refractivity contribution < 1.29 is 9.59 Å². The Hall–Kier alpha value is -1.84. The van der Waals surface area contributed by atoms with Crippen LogP contribution in [0.4, 0.5) is 5.69 Å². The van der Waals surface area contributed by atoms with Crippen LogP contribution >= 0.6 is 0 Å². The molecule has 0 radical (unpaired) electrons. The zero-order valence-corrected chi connectivity index (χ0v) is 13.6. The van der Waals surface area contributed by atoms with Crippen LogP contribution in [0.2, 0.25) is 0 Å². The Morgan fingerprint density at radius 1 is 1.18 bits per heavy atom. The van der Waals surface area contributed by atoms with Crippen LogP contribution in [0, 0.1) is 12.8 Å². The lowest BCUT2D eigenvalue weighted by molar-refractivity contribution is -0.133. The third-order valence-corrected chi connectivity index (χ3v) is 4.38. The number of amides is 2. The third kappa shape index (κ3) is 5.17. The van der Waals surface area contributed by atoms with Crippen LogP contribution in [-0.2, 0) is 9.59 Å². The molecule has 1 aliphatic rings. The molecule has 0 saturated heterocycles. The highest BCUT2D eigenvalue weighted by atomic mass is 16.2. The fourth-order valence-electron chi connectivity index (χ4n) is 2.96. The molecule has 0 atom stereocenters. The summed E-state index contributed by atoms with van der Waals surface area (Å²) < 4.78 is 0. The first-order chi connectivity index (χ1) is 10.5. The number of hydrogen-bond acceptors (Lipinski definition) is 2. The number of carbonyl (C=O) groups excluding carboxylic acids is 2. The van der Waals surface area contributed by atoms with Gasteiger partial charge < -0.3 is 10.2 Å². The number of nitrogens with one attached hydrogen (secondary N) is 1. The van der Waals surface area contributed by atoms with E-state index in [1.165, 1.54) is 30.6 Å². The van der Waals surface area contributed by atoms with Gasteiger partial charge in [-0.3, -0.25) is 9.59 Å². The number of carbonyl (C=O) groups is 2. The average molecular weight is 302 g/mol. The standard InChI is InChI=1S/C18H26N2O2/c1-14-7-10-16(11-8-14)19-17(21)13-20(2)18(22)12-9-15-5-3-4-6-15/h7-8,10-11,15H,3-6,9,12-13H2,1-2H3,(H,19,21). The summed E-state index contributed by atoms with van der Waals surface area (Å²) in [6.45, 7) is 2.11. The van der Waals surface area contributed by atoms with Gasteiger partial charge in [-0.25, -0.2) is 0 Å². The van der Waals surface area contributed by atoms with Crippen molar-refractivity contribution in [3.8, 4) is 0 Å². The molecule has 2 amide bonds. The lowest BCUT2D eigenvalue weighted by atomic mass is 10.0. The summed E-state index contributed by atoms with van der Waals surface area (Å²) >= 11 is 0. The molecule has 4 nitrogen and oxygen atoms in total. The van der Waals surface area contributed by atoms with Crippen LogP contribution in [0.5, 0.6) is 0 Å². The molecule has 1 aliphatic carbocycles. The first-order valence-electron chi connectivity index (χ1n) is 8.15. The number of benzene rings is 1. The van der Waals surface area contributed by atoms with Crippen molar-refractivity contribution in [1.29, 1.82) is 0 Å². The summed E-state index contributed by atoms with van der Waals surface area (Å²) in [6, 6.07) is 7.64. The Morgan fingerprint density at radius 3 is 2.45 bits per heavy atom. The Kier molecular flexibility index (Phi) is 5.99. The van der Waals surface area contributed by atoms with Crippen molar-refractivity contribution in [2.75, 3.05) is 18.9 Å². The number of likely N-dealkylation sites (N-methyl/N-ethyl adjacent to an activating group) is 1. The van der Waals surface area contributed by atoms with E-state index in [0.717, 1.165) is 17.7 Å². The molecule has 0 bridgehead atoms. The molecular weight excluding hydrogens is 276 g/mol. The molecule has 120 valence electrons. The monoisotopic (exact) mass is 302 g/mol. The summed E-state index contributed by atoms with van der Waals surface area (Å²) in [5, 5.41) is 2.82. The molecule has 1 saturated carbocycles. The van der Waals surface area contributed by atoms with Crippen molar-refractivity contribution in [2.24, 2.45) is 5.92 Å². The molecule has 1 aromatic carbocycles. The van der Waals surface area contributed by atoms with Gasteiger partial charge in [0.05, 0.1) is 6.54 Å². The summed E-state index contributed by atoms with van der Waals surface area (Å²) in [6.07, 6.45) is 6.62. The quantitative estimate of drug-likeness (QED) is 0.876. The highest BCUT2D eigenvalue weighted by Crippen LogP contribution is 2.28. The molecular formula is C18H26N2O2. The van der Waals surface area contributed by atoms with Crippen molar-refractivity contribution in [2.45, 2.75) is 45.4 Å². The smallest absolute Gasteiger partial charge is 0.243 e. The van der Waals surface area contributed by atoms with Gasteiger partial charge in [0.2, 0.25) is 11.8 Å². The predicted octanol–water partition coefficient (Wildman–Crippen LogP) is 3.36. The van der Waals surface area contributed by atoms with E-state index in [4.69, 9.17) is 0 Å². The molecule has 1 aromatic rings. The second-order valence-corrected chi connectivity index (χ2v) is 6.35. The SMILES string of the molecule is Cc1ccc(NC(=O)CN(C)C(=O)CCC2CCCC2)cc1. The molecule has 0 unspecified atom stereocenters. The van der Waals surface area contributed by atoms with E-state index in [9.17, 15) is 9.59 Å². The molecule has 1 fully saturated rings. The molecule has 0 heterocycles. The molecule has 0 aliphatic heterocycles. The van der Waals surface area contributed by atoms with Crippen molar-refractivity contribution in [1.82, 2.24) is 4.90 Å². The number of anilines is 1. The van der Waals surface area contributed by atoms with Crippen LogP contribution in [0.1, 0.15) is 44.1 Å². The van der Waals surface area contributed by atoms with E-state index in [2.05, 4.69) is 5.32 Å². The Morgan fingerprint density at radius 2 is 1.82 bits per heavy atom. The number of nitrogens with zero attached hydrogens (tertiary/aromatic N) is 1. The molecule has 22 heavy (non-hydrogen) atoms. The van der Waals surface area contributed by atoms with Gasteiger partial charge in [-0.15, -0.1) is 0 Å². The maximum Gasteiger partial charge on any atom is 0.243 e. The highest BCUT2D eigenvalue weighted by Gasteiger charge is 2.18. The Balaban J connectivity index is 1.72. The number of hydrogen-bond donors (Lipinski definition) is 1. The minimum absolute atomic E-state index is 0.0611. The summed E-state index contributed by atoms with van der Waals surface area (Å²) in [5.41, 5.74) is 1.92. The molecule has 1 N–H and O–H groups in total. The highest BCUT2D eigenvalue weighted by molar-refractivity contribution is 5.94. The van der Waals surface area contributed by atoms with Gasteiger partial charge in [-0.1, -0.05) is 43.4 Å². The molecule has 2 rings (SSSR count). The molecule has 0 spiro atoms. The fraction of sp³-hybridized carbons (Fsp3) is 0.556. The van der Waals surface area contributed by atoms with Crippen LogP contribution < -0.4 is 5.32 Å². The van der Waals surface area contributed by atoms with Gasteiger partial charge in [-0.05, 0) is 31.4 Å². The summed E-state index contributed by atoms with van der Waals surface area (Å²) in [7, 11) is 1.70. The largest absolute Gasteiger partial charge is 0.336 e. The van der Waals surface area contributed by atoms with Gasteiger partial charge in [0.1, 0.15) is 0 Å². The first-order valence-corrected chi connectivity index (χ1v) is 8.15. The van der Waals surface area contributed by atoms with Gasteiger partial charge in [0.15, 0.2) is 0 Å². The van der Waals surface area contributed by atoms with Crippen LogP contribution in [-0.4, -0.2) is 30.3 Å². The predicted molar refractivity (Wildman–Crippen MR) is 88.6 cm³/mol. The summed E-state index contributed by atoms with van der Waals surface area (Å²) in [5.74, 6) is 0.616. The fourth-order valence-corrected chi connectivity index (χ4v) is 2.96. The van der Waals surface area contributed by atoms with Gasteiger partial charge in [0, 0.05) is 19.2 Å². The minimum atomic E-state index is -0.152. The van der Waals surface area contributed by atoms with E-state index in [1.54, 1.807) is 7.05 Å². The Labute approximate surface area is 132 Å². The van der Waals surface area contributed by atoms with Crippen molar-refractivity contribution in [3.63, 3.8) is 0 Å². The van der Waals surface area contributed by atoms with E-state index in [0.29, 0.717) is 12.3 Å². The van der Waals surface area contributed by atoms with Crippen LogP contribution in [0.25, 0.3) is 0 Å². The Bertz CT molecular complexity index is 504. The zero-order valence-electron chi connectivity index (χ0n) is 13.6. The van der Waals surface area contributed by atoms with Crippen molar-refractivity contribution in [3.05, 3.63) is 29.8 Å². The zero-order chi connectivity index (χ0) is 15.9. The second kappa shape index (κ2) is 7.97. The van der Waals surface area contributed by atoms with E-state index in [-0.39, 0.29) is 18.4 Å². The van der Waals surface area contributed by atoms with E-state index < -0.39 is 0 Å². The van der Waals surface area contributed by atoms with Crippen molar-refractivity contribution >= 4 is 17.5 Å². The maximum atomic E-state index is 12.1. The van der Waals surface area contributed by atoms with E-state index >= 15 is 0 Å². The normalized spacial score (nSPS) is 14.8. The lowest BCUT2D eigenvalue weighted by Gasteiger charge is -2.18. The topological polar surface area (TPSA) is 49.4 Å². The third-order valence-electron chi connectivity index (χ3n) is 4.38. The molecule has 0 aromatic heterocycles. The van der Waals surface area contributed by atoms with Gasteiger partial charge in [0.25, 0.3) is 0 Å².